The number of aliphatic hydroxyl groups is 1. The lowest BCUT2D eigenvalue weighted by molar-refractivity contribution is -0.385. The lowest BCUT2D eigenvalue weighted by Crippen LogP contribution is -2.30. The van der Waals surface area contributed by atoms with Crippen LogP contribution in [0.4, 0.5) is 5.69 Å². The van der Waals surface area contributed by atoms with Gasteiger partial charge in [0.25, 0.3) is 11.6 Å². The second-order valence-electron chi connectivity index (χ2n) is 4.28. The molecule has 2 N–H and O–H groups in total. The van der Waals surface area contributed by atoms with E-state index in [-0.39, 0.29) is 30.3 Å². The van der Waals surface area contributed by atoms with Crippen LogP contribution in [-0.2, 0) is 0 Å². The van der Waals surface area contributed by atoms with E-state index in [9.17, 15) is 14.9 Å². The quantitative estimate of drug-likeness (QED) is 0.609. The molecule has 0 saturated carbocycles. The van der Waals surface area contributed by atoms with Gasteiger partial charge in [-0.2, -0.15) is 0 Å². The Morgan fingerprint density at radius 3 is 2.78 bits per heavy atom. The van der Waals surface area contributed by atoms with Gasteiger partial charge >= 0.3 is 0 Å². The Labute approximate surface area is 105 Å². The van der Waals surface area contributed by atoms with E-state index in [1.54, 1.807) is 19.9 Å². The highest BCUT2D eigenvalue weighted by Crippen LogP contribution is 2.19. The van der Waals surface area contributed by atoms with Gasteiger partial charge in [-0.1, -0.05) is 13.0 Å². The monoisotopic (exact) mass is 252 g/mol. The molecule has 1 unspecified atom stereocenters. The number of nitrogens with zero attached hydrogens (tertiary/aromatic N) is 1. The van der Waals surface area contributed by atoms with E-state index in [1.165, 1.54) is 12.1 Å². The molecule has 0 aliphatic carbocycles. The van der Waals surface area contributed by atoms with E-state index in [1.807, 2.05) is 0 Å². The van der Waals surface area contributed by atoms with E-state index >= 15 is 0 Å². The van der Waals surface area contributed by atoms with Crippen LogP contribution in [0.1, 0.15) is 22.8 Å². The van der Waals surface area contributed by atoms with Crippen LogP contribution in [0.15, 0.2) is 18.2 Å². The number of nitro groups is 1. The molecule has 0 saturated heterocycles. The summed E-state index contributed by atoms with van der Waals surface area (Å²) in [6.07, 6.45) is 0. The van der Waals surface area contributed by atoms with Gasteiger partial charge in [0, 0.05) is 19.2 Å². The number of nitro benzene ring substituents is 1. The van der Waals surface area contributed by atoms with E-state index in [2.05, 4.69) is 5.32 Å². The van der Waals surface area contributed by atoms with E-state index in [0.717, 1.165) is 5.56 Å². The predicted molar refractivity (Wildman–Crippen MR) is 66.4 cm³/mol. The number of carbonyl (C=O) groups excluding carboxylic acids is 1. The van der Waals surface area contributed by atoms with Gasteiger partial charge < -0.3 is 10.4 Å². The van der Waals surface area contributed by atoms with Crippen molar-refractivity contribution in [3.05, 3.63) is 39.4 Å². The highest BCUT2D eigenvalue weighted by Gasteiger charge is 2.20. The number of nitrogens with one attached hydrogen (secondary N) is 1. The van der Waals surface area contributed by atoms with Gasteiger partial charge in [0.2, 0.25) is 0 Å². The Balaban J connectivity index is 2.90. The van der Waals surface area contributed by atoms with Crippen LogP contribution in [0.25, 0.3) is 0 Å². The largest absolute Gasteiger partial charge is 0.396 e. The van der Waals surface area contributed by atoms with Crippen molar-refractivity contribution in [1.29, 1.82) is 0 Å². The van der Waals surface area contributed by atoms with Gasteiger partial charge in [0.1, 0.15) is 5.56 Å². The summed E-state index contributed by atoms with van der Waals surface area (Å²) in [5, 5.41) is 22.2. The molecule has 0 heterocycles. The van der Waals surface area contributed by atoms with Crippen molar-refractivity contribution < 1.29 is 14.8 Å². The standard InChI is InChI=1S/C12H16N2O4/c1-8-3-4-11(14(17)18)10(5-8)12(16)13-6-9(2)7-15/h3-5,9,15H,6-7H2,1-2H3,(H,13,16). The molecule has 1 aromatic carbocycles. The number of hydrogen-bond acceptors (Lipinski definition) is 4. The summed E-state index contributed by atoms with van der Waals surface area (Å²) in [7, 11) is 0. The number of aliphatic hydroxyl groups excluding tert-OH is 1. The zero-order valence-corrected chi connectivity index (χ0v) is 10.3. The first kappa shape index (κ1) is 14.1. The van der Waals surface area contributed by atoms with Crippen molar-refractivity contribution in [2.24, 2.45) is 5.92 Å². The normalized spacial score (nSPS) is 11.9. The van der Waals surface area contributed by atoms with Crippen LogP contribution in [-0.4, -0.2) is 29.1 Å². The van der Waals surface area contributed by atoms with Crippen molar-refractivity contribution in [2.75, 3.05) is 13.2 Å². The zero-order chi connectivity index (χ0) is 13.7. The number of amides is 1. The summed E-state index contributed by atoms with van der Waals surface area (Å²) >= 11 is 0. The first-order chi connectivity index (χ1) is 8.45. The molecule has 1 atom stereocenters. The summed E-state index contributed by atoms with van der Waals surface area (Å²) in [6.45, 7) is 3.76. The average molecular weight is 252 g/mol. The SMILES string of the molecule is Cc1ccc([N+](=O)[O-])c(C(=O)NCC(C)CO)c1. The van der Waals surface area contributed by atoms with Crippen molar-refractivity contribution in [3.63, 3.8) is 0 Å². The number of carbonyl (C=O) groups is 1. The van der Waals surface area contributed by atoms with Crippen molar-refractivity contribution in [2.45, 2.75) is 13.8 Å². The molecule has 0 radical (unpaired) electrons. The van der Waals surface area contributed by atoms with Gasteiger partial charge in [0.05, 0.1) is 4.92 Å². The Morgan fingerprint density at radius 2 is 2.22 bits per heavy atom. The number of hydrogen-bond donors (Lipinski definition) is 2. The summed E-state index contributed by atoms with van der Waals surface area (Å²) < 4.78 is 0. The second kappa shape index (κ2) is 6.11. The molecule has 0 fully saturated rings. The minimum Gasteiger partial charge on any atom is -0.396 e. The van der Waals surface area contributed by atoms with Crippen LogP contribution in [0, 0.1) is 23.0 Å². The fourth-order valence-corrected chi connectivity index (χ4v) is 1.42. The van der Waals surface area contributed by atoms with Crippen molar-refractivity contribution >= 4 is 11.6 Å². The fourth-order valence-electron chi connectivity index (χ4n) is 1.42. The number of rotatable bonds is 5. The van der Waals surface area contributed by atoms with Gasteiger partial charge in [-0.05, 0) is 24.5 Å². The van der Waals surface area contributed by atoms with E-state index < -0.39 is 10.8 Å². The zero-order valence-electron chi connectivity index (χ0n) is 10.3. The highest BCUT2D eigenvalue weighted by atomic mass is 16.6. The smallest absolute Gasteiger partial charge is 0.282 e. The summed E-state index contributed by atoms with van der Waals surface area (Å²) in [5.74, 6) is -0.580. The molecular weight excluding hydrogens is 236 g/mol. The molecule has 98 valence electrons. The van der Waals surface area contributed by atoms with Crippen LogP contribution >= 0.6 is 0 Å². The van der Waals surface area contributed by atoms with Crippen LogP contribution in [0.3, 0.4) is 0 Å². The lowest BCUT2D eigenvalue weighted by atomic mass is 10.1. The third-order valence-electron chi connectivity index (χ3n) is 2.52. The van der Waals surface area contributed by atoms with E-state index in [0.29, 0.717) is 0 Å². The van der Waals surface area contributed by atoms with Crippen molar-refractivity contribution in [1.82, 2.24) is 5.32 Å². The highest BCUT2D eigenvalue weighted by molar-refractivity contribution is 5.98. The fraction of sp³-hybridized carbons (Fsp3) is 0.417. The number of aryl methyl sites for hydroxylation is 1. The molecule has 6 nitrogen and oxygen atoms in total. The molecule has 0 aliphatic heterocycles. The minimum atomic E-state index is -0.580. The summed E-state index contributed by atoms with van der Waals surface area (Å²) in [4.78, 5) is 22.1. The average Bonchev–Trinajstić information content (AvgIpc) is 2.34. The van der Waals surface area contributed by atoms with Crippen molar-refractivity contribution in [3.8, 4) is 0 Å². The van der Waals surface area contributed by atoms with E-state index in [4.69, 9.17) is 5.11 Å². The molecule has 0 aromatic heterocycles. The molecule has 0 bridgehead atoms. The molecule has 1 aromatic rings. The Hall–Kier alpha value is -1.95. The Bertz CT molecular complexity index is 459. The first-order valence-electron chi connectivity index (χ1n) is 5.59. The molecular formula is C12H16N2O4. The summed E-state index contributed by atoms with van der Waals surface area (Å²) in [5.41, 5.74) is 0.612. The molecule has 18 heavy (non-hydrogen) atoms. The third-order valence-corrected chi connectivity index (χ3v) is 2.52. The summed E-state index contributed by atoms with van der Waals surface area (Å²) in [6, 6.07) is 4.39. The maximum absolute atomic E-state index is 11.8. The third kappa shape index (κ3) is 3.53. The maximum atomic E-state index is 11.8. The van der Waals surface area contributed by atoms with Gasteiger partial charge in [0.15, 0.2) is 0 Å². The minimum absolute atomic E-state index is 0.0454. The second-order valence-corrected chi connectivity index (χ2v) is 4.28. The number of benzene rings is 1. The molecule has 0 aliphatic rings. The lowest BCUT2D eigenvalue weighted by Gasteiger charge is -2.10. The van der Waals surface area contributed by atoms with Crippen LogP contribution < -0.4 is 5.32 Å². The predicted octanol–water partition coefficient (Wildman–Crippen LogP) is 1.26. The van der Waals surface area contributed by atoms with Gasteiger partial charge in [-0.3, -0.25) is 14.9 Å². The van der Waals surface area contributed by atoms with Gasteiger partial charge in [-0.15, -0.1) is 0 Å². The van der Waals surface area contributed by atoms with Crippen LogP contribution in [0.2, 0.25) is 0 Å². The first-order valence-corrected chi connectivity index (χ1v) is 5.59. The molecule has 6 heteroatoms. The molecule has 1 amide bonds. The topological polar surface area (TPSA) is 92.5 Å². The Morgan fingerprint density at radius 1 is 1.56 bits per heavy atom. The van der Waals surface area contributed by atoms with Crippen LogP contribution in [0.5, 0.6) is 0 Å². The molecule has 1 rings (SSSR count). The molecule has 0 spiro atoms. The maximum Gasteiger partial charge on any atom is 0.282 e. The van der Waals surface area contributed by atoms with Gasteiger partial charge in [-0.25, -0.2) is 0 Å². The Kier molecular flexibility index (Phi) is 4.79.